The van der Waals surface area contributed by atoms with Crippen LogP contribution in [0.3, 0.4) is 0 Å². The number of hydrogen-bond acceptors (Lipinski definition) is 2. The highest BCUT2D eigenvalue weighted by Gasteiger charge is 2.28. The number of ether oxygens (including phenoxy) is 1. The van der Waals surface area contributed by atoms with Crippen LogP contribution in [0.25, 0.3) is 0 Å². The van der Waals surface area contributed by atoms with Gasteiger partial charge in [-0.05, 0) is 18.3 Å². The van der Waals surface area contributed by atoms with Crippen LogP contribution in [0.1, 0.15) is 33.1 Å². The Kier molecular flexibility index (Phi) is 2.73. The van der Waals surface area contributed by atoms with E-state index >= 15 is 0 Å². The number of carboxylic acids is 1. The number of carbonyl (C=O) groups is 1. The minimum atomic E-state index is -0.764. The lowest BCUT2D eigenvalue weighted by Crippen LogP contribution is -2.32. The van der Waals surface area contributed by atoms with Gasteiger partial charge in [-0.3, -0.25) is 4.79 Å². The van der Waals surface area contributed by atoms with Crippen LogP contribution in [0.2, 0.25) is 0 Å². The van der Waals surface area contributed by atoms with Crippen molar-refractivity contribution in [3.63, 3.8) is 0 Å². The SMILES string of the molecule is CC1(C)CCC(CC(=O)O)OC1. The lowest BCUT2D eigenvalue weighted by atomic mass is 9.85. The maximum atomic E-state index is 10.3. The van der Waals surface area contributed by atoms with Gasteiger partial charge < -0.3 is 9.84 Å². The molecule has 0 aromatic carbocycles. The summed E-state index contributed by atoms with van der Waals surface area (Å²) >= 11 is 0. The van der Waals surface area contributed by atoms with Gasteiger partial charge in [-0.15, -0.1) is 0 Å². The normalized spacial score (nSPS) is 28.3. The number of rotatable bonds is 2. The zero-order valence-corrected chi connectivity index (χ0v) is 7.67. The molecule has 1 rings (SSSR count). The van der Waals surface area contributed by atoms with Crippen molar-refractivity contribution in [3.05, 3.63) is 0 Å². The second-order valence-corrected chi connectivity index (χ2v) is 4.23. The Morgan fingerprint density at radius 3 is 2.75 bits per heavy atom. The molecule has 0 saturated carbocycles. The zero-order chi connectivity index (χ0) is 9.19. The molecule has 1 aliphatic rings. The van der Waals surface area contributed by atoms with Gasteiger partial charge in [0.1, 0.15) is 0 Å². The summed E-state index contributed by atoms with van der Waals surface area (Å²) in [4.78, 5) is 10.3. The fourth-order valence-electron chi connectivity index (χ4n) is 1.41. The summed E-state index contributed by atoms with van der Waals surface area (Å²) in [5, 5.41) is 8.52. The third kappa shape index (κ3) is 2.81. The summed E-state index contributed by atoms with van der Waals surface area (Å²) in [7, 11) is 0. The Hall–Kier alpha value is -0.570. The van der Waals surface area contributed by atoms with Gasteiger partial charge >= 0.3 is 5.97 Å². The summed E-state index contributed by atoms with van der Waals surface area (Å²) in [5.41, 5.74) is 0.231. The highest BCUT2D eigenvalue weighted by molar-refractivity contribution is 5.67. The number of aliphatic carboxylic acids is 1. The molecule has 0 bridgehead atoms. The van der Waals surface area contributed by atoms with Gasteiger partial charge in [-0.1, -0.05) is 13.8 Å². The second-order valence-electron chi connectivity index (χ2n) is 4.23. The van der Waals surface area contributed by atoms with Crippen molar-refractivity contribution in [2.45, 2.75) is 39.2 Å². The standard InChI is InChI=1S/C9H16O3/c1-9(2)4-3-7(12-6-9)5-8(10)11/h7H,3-6H2,1-2H3,(H,10,11). The highest BCUT2D eigenvalue weighted by Crippen LogP contribution is 2.30. The van der Waals surface area contributed by atoms with Gasteiger partial charge in [0.2, 0.25) is 0 Å². The fraction of sp³-hybridized carbons (Fsp3) is 0.889. The van der Waals surface area contributed by atoms with Gasteiger partial charge in [0.25, 0.3) is 0 Å². The van der Waals surface area contributed by atoms with Crippen molar-refractivity contribution in [3.8, 4) is 0 Å². The molecule has 0 aromatic rings. The minimum Gasteiger partial charge on any atom is -0.481 e. The maximum absolute atomic E-state index is 10.3. The van der Waals surface area contributed by atoms with Crippen LogP contribution in [-0.4, -0.2) is 23.8 Å². The average molecular weight is 172 g/mol. The third-order valence-corrected chi connectivity index (χ3v) is 2.26. The largest absolute Gasteiger partial charge is 0.481 e. The van der Waals surface area contributed by atoms with E-state index in [-0.39, 0.29) is 17.9 Å². The monoisotopic (exact) mass is 172 g/mol. The van der Waals surface area contributed by atoms with Crippen LogP contribution in [0, 0.1) is 5.41 Å². The molecule has 1 atom stereocenters. The summed E-state index contributed by atoms with van der Waals surface area (Å²) in [6.07, 6.45) is 2.02. The first kappa shape index (κ1) is 9.52. The first-order chi connectivity index (χ1) is 5.49. The molecule has 0 radical (unpaired) electrons. The van der Waals surface area contributed by atoms with Crippen LogP contribution < -0.4 is 0 Å². The molecular weight excluding hydrogens is 156 g/mol. The van der Waals surface area contributed by atoms with E-state index in [2.05, 4.69) is 13.8 Å². The molecule has 3 nitrogen and oxygen atoms in total. The van der Waals surface area contributed by atoms with Crippen LogP contribution in [0.5, 0.6) is 0 Å². The molecule has 1 saturated heterocycles. The van der Waals surface area contributed by atoms with Gasteiger partial charge in [0.15, 0.2) is 0 Å². The van der Waals surface area contributed by atoms with Crippen molar-refractivity contribution in [1.29, 1.82) is 0 Å². The number of carboxylic acid groups (broad SMARTS) is 1. The van der Waals surface area contributed by atoms with Crippen molar-refractivity contribution in [2.75, 3.05) is 6.61 Å². The lowest BCUT2D eigenvalue weighted by molar-refractivity contribution is -0.143. The predicted molar refractivity (Wildman–Crippen MR) is 45.0 cm³/mol. The topological polar surface area (TPSA) is 46.5 Å². The van der Waals surface area contributed by atoms with Crippen molar-refractivity contribution in [2.24, 2.45) is 5.41 Å². The molecule has 1 fully saturated rings. The van der Waals surface area contributed by atoms with E-state index in [1.54, 1.807) is 0 Å². The molecule has 12 heavy (non-hydrogen) atoms. The molecule has 1 unspecified atom stereocenters. The van der Waals surface area contributed by atoms with E-state index in [1.165, 1.54) is 0 Å². The molecule has 0 aromatic heterocycles. The molecule has 1 heterocycles. The Balaban J connectivity index is 2.31. The minimum absolute atomic E-state index is 0.0597. The second kappa shape index (κ2) is 3.44. The lowest BCUT2D eigenvalue weighted by Gasteiger charge is -2.33. The Morgan fingerprint density at radius 2 is 2.33 bits per heavy atom. The summed E-state index contributed by atoms with van der Waals surface area (Å²) in [6.45, 7) is 4.97. The van der Waals surface area contributed by atoms with Gasteiger partial charge in [-0.25, -0.2) is 0 Å². The Labute approximate surface area is 72.7 Å². The molecule has 1 N–H and O–H groups in total. The number of hydrogen-bond donors (Lipinski definition) is 1. The molecule has 70 valence electrons. The van der Waals surface area contributed by atoms with Crippen LogP contribution >= 0.6 is 0 Å². The van der Waals surface area contributed by atoms with Crippen molar-refractivity contribution < 1.29 is 14.6 Å². The fourth-order valence-corrected chi connectivity index (χ4v) is 1.41. The summed E-state index contributed by atoms with van der Waals surface area (Å²) in [6, 6.07) is 0. The summed E-state index contributed by atoms with van der Waals surface area (Å²) in [5.74, 6) is -0.764. The molecular formula is C9H16O3. The van der Waals surface area contributed by atoms with Crippen LogP contribution in [0.4, 0.5) is 0 Å². The predicted octanol–water partition coefficient (Wildman–Crippen LogP) is 1.67. The molecule has 0 aliphatic carbocycles. The van der Waals surface area contributed by atoms with Crippen LogP contribution in [-0.2, 0) is 9.53 Å². The van der Waals surface area contributed by atoms with E-state index in [9.17, 15) is 4.79 Å². The first-order valence-electron chi connectivity index (χ1n) is 4.33. The molecule has 0 spiro atoms. The Morgan fingerprint density at radius 1 is 1.67 bits per heavy atom. The molecule has 3 heteroatoms. The van der Waals surface area contributed by atoms with E-state index in [4.69, 9.17) is 9.84 Å². The highest BCUT2D eigenvalue weighted by atomic mass is 16.5. The summed E-state index contributed by atoms with van der Waals surface area (Å²) < 4.78 is 5.42. The van der Waals surface area contributed by atoms with Gasteiger partial charge in [0.05, 0.1) is 19.1 Å². The zero-order valence-electron chi connectivity index (χ0n) is 7.67. The third-order valence-electron chi connectivity index (χ3n) is 2.26. The van der Waals surface area contributed by atoms with E-state index in [1.807, 2.05) is 0 Å². The first-order valence-corrected chi connectivity index (χ1v) is 4.33. The van der Waals surface area contributed by atoms with Crippen molar-refractivity contribution in [1.82, 2.24) is 0 Å². The maximum Gasteiger partial charge on any atom is 0.305 e. The van der Waals surface area contributed by atoms with Crippen LogP contribution in [0.15, 0.2) is 0 Å². The Bertz CT molecular complexity index is 165. The molecule has 0 amide bonds. The smallest absolute Gasteiger partial charge is 0.305 e. The van der Waals surface area contributed by atoms with Gasteiger partial charge in [0, 0.05) is 0 Å². The molecule has 1 aliphatic heterocycles. The average Bonchev–Trinajstić information content (AvgIpc) is 1.93. The quantitative estimate of drug-likeness (QED) is 0.689. The van der Waals surface area contributed by atoms with E-state index in [0.717, 1.165) is 12.8 Å². The van der Waals surface area contributed by atoms with E-state index in [0.29, 0.717) is 6.61 Å². The van der Waals surface area contributed by atoms with Crippen molar-refractivity contribution >= 4 is 5.97 Å². The van der Waals surface area contributed by atoms with Gasteiger partial charge in [-0.2, -0.15) is 0 Å². The van der Waals surface area contributed by atoms with E-state index < -0.39 is 5.97 Å².